The zero-order valence-corrected chi connectivity index (χ0v) is 10.4. The summed E-state index contributed by atoms with van der Waals surface area (Å²) in [4.78, 5) is 4.02. The maximum absolute atomic E-state index is 13.6. The summed E-state index contributed by atoms with van der Waals surface area (Å²) in [7, 11) is 1.56. The van der Waals surface area contributed by atoms with Crippen LogP contribution in [0.15, 0.2) is 42.6 Å². The number of anilines is 1. The Kier molecular flexibility index (Phi) is 3.77. The molecule has 2 rings (SSSR count). The van der Waals surface area contributed by atoms with Crippen LogP contribution >= 0.6 is 0 Å². The highest BCUT2D eigenvalue weighted by Crippen LogP contribution is 2.22. The lowest BCUT2D eigenvalue weighted by atomic mass is 10.1. The Morgan fingerprint density at radius 1 is 1.28 bits per heavy atom. The van der Waals surface area contributed by atoms with Gasteiger partial charge in [0.05, 0.1) is 13.2 Å². The minimum absolute atomic E-state index is 0.127. The van der Waals surface area contributed by atoms with E-state index >= 15 is 0 Å². The van der Waals surface area contributed by atoms with Crippen molar-refractivity contribution in [1.82, 2.24) is 4.98 Å². The van der Waals surface area contributed by atoms with Crippen LogP contribution in [0.4, 0.5) is 10.1 Å². The van der Waals surface area contributed by atoms with Crippen molar-refractivity contribution in [1.29, 1.82) is 0 Å². The first-order valence-corrected chi connectivity index (χ1v) is 5.71. The predicted molar refractivity (Wildman–Crippen MR) is 69.2 cm³/mol. The van der Waals surface area contributed by atoms with Gasteiger partial charge in [-0.05, 0) is 19.1 Å². The van der Waals surface area contributed by atoms with Crippen LogP contribution in [0, 0.1) is 5.82 Å². The normalized spacial score (nSPS) is 11.9. The second-order valence-electron chi connectivity index (χ2n) is 3.97. The third kappa shape index (κ3) is 2.77. The highest BCUT2D eigenvalue weighted by Gasteiger charge is 2.10. The third-order valence-corrected chi connectivity index (χ3v) is 2.70. The molecule has 0 saturated carbocycles. The van der Waals surface area contributed by atoms with Crippen molar-refractivity contribution in [2.45, 2.75) is 13.0 Å². The quantitative estimate of drug-likeness (QED) is 0.897. The Bertz CT molecular complexity index is 531. The molecule has 0 aliphatic rings. The van der Waals surface area contributed by atoms with E-state index in [9.17, 15) is 4.39 Å². The molecule has 0 amide bonds. The van der Waals surface area contributed by atoms with Crippen molar-refractivity contribution in [2.75, 3.05) is 12.4 Å². The number of nitrogens with zero attached hydrogens (tertiary/aromatic N) is 1. The van der Waals surface area contributed by atoms with E-state index in [1.807, 2.05) is 19.1 Å². The van der Waals surface area contributed by atoms with Gasteiger partial charge in [-0.3, -0.25) is 0 Å². The number of hydrogen-bond donors (Lipinski definition) is 1. The minimum atomic E-state index is -0.210. The van der Waals surface area contributed by atoms with Crippen LogP contribution in [-0.2, 0) is 0 Å². The average Bonchev–Trinajstić information content (AvgIpc) is 2.39. The van der Waals surface area contributed by atoms with Crippen LogP contribution in [0.5, 0.6) is 5.88 Å². The summed E-state index contributed by atoms with van der Waals surface area (Å²) in [6.07, 6.45) is 1.65. The van der Waals surface area contributed by atoms with E-state index in [-0.39, 0.29) is 11.9 Å². The highest BCUT2D eigenvalue weighted by molar-refractivity contribution is 5.47. The molecule has 2 aromatic rings. The number of benzene rings is 1. The number of hydrogen-bond acceptors (Lipinski definition) is 3. The molecule has 94 valence electrons. The molecule has 18 heavy (non-hydrogen) atoms. The summed E-state index contributed by atoms with van der Waals surface area (Å²) in [6.45, 7) is 1.91. The Labute approximate surface area is 106 Å². The molecule has 0 radical (unpaired) electrons. The number of halogens is 1. The van der Waals surface area contributed by atoms with Gasteiger partial charge >= 0.3 is 0 Å². The maximum atomic E-state index is 13.6. The smallest absolute Gasteiger partial charge is 0.214 e. The van der Waals surface area contributed by atoms with Gasteiger partial charge in [0.15, 0.2) is 0 Å². The molecule has 3 nitrogen and oxygen atoms in total. The number of pyridine rings is 1. The highest BCUT2D eigenvalue weighted by atomic mass is 19.1. The van der Waals surface area contributed by atoms with Crippen LogP contribution in [0.3, 0.4) is 0 Å². The molecular weight excluding hydrogens is 231 g/mol. The molecule has 0 bridgehead atoms. The molecule has 4 heteroatoms. The molecule has 0 saturated heterocycles. The van der Waals surface area contributed by atoms with Gasteiger partial charge in [0.2, 0.25) is 5.88 Å². The molecule has 1 N–H and O–H groups in total. The van der Waals surface area contributed by atoms with Crippen LogP contribution in [0.1, 0.15) is 18.5 Å². The zero-order chi connectivity index (χ0) is 13.0. The van der Waals surface area contributed by atoms with Gasteiger partial charge in [-0.25, -0.2) is 9.37 Å². The van der Waals surface area contributed by atoms with Gasteiger partial charge < -0.3 is 10.1 Å². The van der Waals surface area contributed by atoms with Gasteiger partial charge in [-0.1, -0.05) is 18.2 Å². The maximum Gasteiger partial charge on any atom is 0.214 e. The molecule has 1 heterocycles. The fourth-order valence-electron chi connectivity index (χ4n) is 1.76. The number of rotatable bonds is 4. The SMILES string of the molecule is COc1cc(NC(C)c2ccccc2F)ccn1. The van der Waals surface area contributed by atoms with Gasteiger partial charge in [-0.15, -0.1) is 0 Å². The lowest BCUT2D eigenvalue weighted by Gasteiger charge is -2.16. The molecule has 0 aliphatic carbocycles. The Morgan fingerprint density at radius 3 is 2.78 bits per heavy atom. The van der Waals surface area contributed by atoms with E-state index in [2.05, 4.69) is 10.3 Å². The molecule has 0 spiro atoms. The van der Waals surface area contributed by atoms with Crippen LogP contribution < -0.4 is 10.1 Å². The van der Waals surface area contributed by atoms with Crippen molar-refractivity contribution < 1.29 is 9.13 Å². The number of ether oxygens (including phenoxy) is 1. The van der Waals surface area contributed by atoms with E-state index in [0.717, 1.165) is 5.69 Å². The lowest BCUT2D eigenvalue weighted by Crippen LogP contribution is -2.08. The standard InChI is InChI=1S/C14H15FN2O/c1-10(12-5-3-4-6-13(12)15)17-11-7-8-16-14(9-11)18-2/h3-10H,1-2H3,(H,16,17). The van der Waals surface area contributed by atoms with E-state index in [1.54, 1.807) is 31.5 Å². The molecule has 1 aromatic heterocycles. The van der Waals surface area contributed by atoms with Crippen molar-refractivity contribution >= 4 is 5.69 Å². The van der Waals surface area contributed by atoms with Gasteiger partial charge in [-0.2, -0.15) is 0 Å². The van der Waals surface area contributed by atoms with E-state index in [1.165, 1.54) is 6.07 Å². The van der Waals surface area contributed by atoms with Crippen LogP contribution in [0.25, 0.3) is 0 Å². The summed E-state index contributed by atoms with van der Waals surface area (Å²) in [6, 6.07) is 10.2. The largest absolute Gasteiger partial charge is 0.481 e. The first-order valence-electron chi connectivity index (χ1n) is 5.71. The number of methoxy groups -OCH3 is 1. The van der Waals surface area contributed by atoms with Crippen LogP contribution in [0.2, 0.25) is 0 Å². The Balaban J connectivity index is 2.16. The van der Waals surface area contributed by atoms with E-state index < -0.39 is 0 Å². The van der Waals surface area contributed by atoms with Gasteiger partial charge in [0.1, 0.15) is 5.82 Å². The number of nitrogens with one attached hydrogen (secondary N) is 1. The second kappa shape index (κ2) is 5.49. The zero-order valence-electron chi connectivity index (χ0n) is 10.4. The Hall–Kier alpha value is -2.10. The molecular formula is C14H15FN2O. The fourth-order valence-corrected chi connectivity index (χ4v) is 1.76. The van der Waals surface area contributed by atoms with Crippen LogP contribution in [-0.4, -0.2) is 12.1 Å². The van der Waals surface area contributed by atoms with Crippen molar-refractivity contribution in [3.63, 3.8) is 0 Å². The fraction of sp³-hybridized carbons (Fsp3) is 0.214. The lowest BCUT2D eigenvalue weighted by molar-refractivity contribution is 0.398. The Morgan fingerprint density at radius 2 is 2.06 bits per heavy atom. The third-order valence-electron chi connectivity index (χ3n) is 2.70. The second-order valence-corrected chi connectivity index (χ2v) is 3.97. The first kappa shape index (κ1) is 12.4. The molecule has 1 aromatic carbocycles. The summed E-state index contributed by atoms with van der Waals surface area (Å²) in [5.74, 6) is 0.319. The molecule has 0 aliphatic heterocycles. The minimum Gasteiger partial charge on any atom is -0.481 e. The monoisotopic (exact) mass is 246 g/mol. The first-order chi connectivity index (χ1) is 8.70. The molecule has 1 atom stereocenters. The van der Waals surface area contributed by atoms with Crippen molar-refractivity contribution in [2.24, 2.45) is 0 Å². The summed E-state index contributed by atoms with van der Waals surface area (Å²) >= 11 is 0. The topological polar surface area (TPSA) is 34.1 Å². The predicted octanol–water partition coefficient (Wildman–Crippen LogP) is 3.40. The number of aromatic nitrogens is 1. The summed E-state index contributed by atoms with van der Waals surface area (Å²) < 4.78 is 18.7. The summed E-state index contributed by atoms with van der Waals surface area (Å²) in [5.41, 5.74) is 1.48. The van der Waals surface area contributed by atoms with Crippen molar-refractivity contribution in [3.8, 4) is 5.88 Å². The molecule has 1 unspecified atom stereocenters. The van der Waals surface area contributed by atoms with Gasteiger partial charge in [0, 0.05) is 23.5 Å². The van der Waals surface area contributed by atoms with Crippen molar-refractivity contribution in [3.05, 3.63) is 54.0 Å². The average molecular weight is 246 g/mol. The van der Waals surface area contributed by atoms with Gasteiger partial charge in [0.25, 0.3) is 0 Å². The van der Waals surface area contributed by atoms with E-state index in [0.29, 0.717) is 11.4 Å². The van der Waals surface area contributed by atoms with E-state index in [4.69, 9.17) is 4.74 Å². The molecule has 0 fully saturated rings. The summed E-state index contributed by atoms with van der Waals surface area (Å²) in [5, 5.41) is 3.21.